The van der Waals surface area contributed by atoms with Crippen molar-refractivity contribution in [3.63, 3.8) is 0 Å². The number of rotatable bonds is 10. The van der Waals surface area contributed by atoms with Gasteiger partial charge in [-0.15, -0.1) is 0 Å². The summed E-state index contributed by atoms with van der Waals surface area (Å²) in [6, 6.07) is 3.91. The van der Waals surface area contributed by atoms with Crippen molar-refractivity contribution in [2.45, 2.75) is 51.6 Å². The fraction of sp³-hybridized carbons (Fsp3) is 0.556. The van der Waals surface area contributed by atoms with Crippen molar-refractivity contribution in [3.8, 4) is 0 Å². The van der Waals surface area contributed by atoms with Crippen molar-refractivity contribution in [2.24, 2.45) is 0 Å². The first-order chi connectivity index (χ1) is 11.8. The van der Waals surface area contributed by atoms with Gasteiger partial charge in [0.25, 0.3) is 5.91 Å². The van der Waals surface area contributed by atoms with Gasteiger partial charge in [-0.2, -0.15) is 13.2 Å². The molecule has 0 aliphatic heterocycles. The number of carbonyl (C=O) groups is 2. The molecule has 25 heavy (non-hydrogen) atoms. The molecule has 0 bridgehead atoms. The van der Waals surface area contributed by atoms with Crippen molar-refractivity contribution in [1.82, 2.24) is 5.32 Å². The minimum atomic E-state index is -4.44. The Bertz CT molecular complexity index is 541. The van der Waals surface area contributed by atoms with E-state index in [-0.39, 0.29) is 18.5 Å². The molecule has 140 valence electrons. The molecule has 4 nitrogen and oxygen atoms in total. The molecule has 0 heterocycles. The van der Waals surface area contributed by atoms with Gasteiger partial charge >= 0.3 is 12.1 Å². The van der Waals surface area contributed by atoms with E-state index < -0.39 is 23.6 Å². The SMILES string of the molecule is CCCCCCCOC(=O)CCNC(=O)c1ccc(C(F)(F)F)cc1. The molecule has 0 atom stereocenters. The third-order valence-electron chi connectivity index (χ3n) is 3.60. The van der Waals surface area contributed by atoms with Gasteiger partial charge in [0.2, 0.25) is 0 Å². The van der Waals surface area contributed by atoms with Gasteiger partial charge in [0.05, 0.1) is 18.6 Å². The maximum absolute atomic E-state index is 12.4. The van der Waals surface area contributed by atoms with Gasteiger partial charge in [-0.1, -0.05) is 32.6 Å². The van der Waals surface area contributed by atoms with E-state index in [0.29, 0.717) is 6.61 Å². The lowest BCUT2D eigenvalue weighted by molar-refractivity contribution is -0.143. The van der Waals surface area contributed by atoms with Crippen LogP contribution in [-0.4, -0.2) is 25.0 Å². The lowest BCUT2D eigenvalue weighted by atomic mass is 10.1. The lowest BCUT2D eigenvalue weighted by Gasteiger charge is -2.08. The highest BCUT2D eigenvalue weighted by Crippen LogP contribution is 2.29. The van der Waals surface area contributed by atoms with Gasteiger partial charge in [0, 0.05) is 12.1 Å². The van der Waals surface area contributed by atoms with Crippen LogP contribution in [0.15, 0.2) is 24.3 Å². The summed E-state index contributed by atoms with van der Waals surface area (Å²) in [4.78, 5) is 23.3. The summed E-state index contributed by atoms with van der Waals surface area (Å²) in [6.07, 6.45) is 0.881. The molecule has 0 spiro atoms. The molecule has 0 unspecified atom stereocenters. The maximum atomic E-state index is 12.4. The van der Waals surface area contributed by atoms with Gasteiger partial charge in [-0.3, -0.25) is 9.59 Å². The Hall–Kier alpha value is -2.05. The Morgan fingerprint density at radius 2 is 1.68 bits per heavy atom. The molecule has 0 saturated carbocycles. The predicted molar refractivity (Wildman–Crippen MR) is 88.1 cm³/mol. The Labute approximate surface area is 145 Å². The molecule has 1 aromatic rings. The number of ether oxygens (including phenoxy) is 1. The standard InChI is InChI=1S/C18H24F3NO3/c1-2-3-4-5-6-13-25-16(23)11-12-22-17(24)14-7-9-15(10-8-14)18(19,20)21/h7-10H,2-6,11-13H2,1H3,(H,22,24). The predicted octanol–water partition coefficient (Wildman–Crippen LogP) is 4.34. The molecule has 0 aliphatic rings. The van der Waals surface area contributed by atoms with Crippen LogP contribution in [0.4, 0.5) is 13.2 Å². The van der Waals surface area contributed by atoms with Crippen LogP contribution in [0.25, 0.3) is 0 Å². The van der Waals surface area contributed by atoms with E-state index in [1.54, 1.807) is 0 Å². The van der Waals surface area contributed by atoms with Gasteiger partial charge in [0.1, 0.15) is 0 Å². The molecular weight excluding hydrogens is 335 g/mol. The summed E-state index contributed by atoms with van der Waals surface area (Å²) in [6.45, 7) is 2.57. The normalized spacial score (nSPS) is 11.2. The van der Waals surface area contributed by atoms with E-state index in [2.05, 4.69) is 12.2 Å². The van der Waals surface area contributed by atoms with Crippen LogP contribution in [-0.2, 0) is 15.7 Å². The zero-order valence-electron chi connectivity index (χ0n) is 14.3. The number of nitrogens with one attached hydrogen (secondary N) is 1. The summed E-state index contributed by atoms with van der Waals surface area (Å²) in [5.41, 5.74) is -0.705. The largest absolute Gasteiger partial charge is 0.466 e. The van der Waals surface area contributed by atoms with E-state index in [0.717, 1.165) is 49.9 Å². The Morgan fingerprint density at radius 3 is 2.28 bits per heavy atom. The molecule has 0 radical (unpaired) electrons. The Morgan fingerprint density at radius 1 is 1.04 bits per heavy atom. The minimum Gasteiger partial charge on any atom is -0.466 e. The first-order valence-electron chi connectivity index (χ1n) is 8.45. The van der Waals surface area contributed by atoms with Crippen LogP contribution < -0.4 is 5.32 Å². The molecule has 0 saturated heterocycles. The van der Waals surface area contributed by atoms with E-state index in [9.17, 15) is 22.8 Å². The van der Waals surface area contributed by atoms with Gasteiger partial charge < -0.3 is 10.1 Å². The van der Waals surface area contributed by atoms with Gasteiger partial charge in [-0.25, -0.2) is 0 Å². The molecule has 1 rings (SSSR count). The number of esters is 1. The van der Waals surface area contributed by atoms with E-state index in [1.807, 2.05) is 0 Å². The van der Waals surface area contributed by atoms with Crippen LogP contribution in [0, 0.1) is 0 Å². The van der Waals surface area contributed by atoms with Crippen LogP contribution in [0.1, 0.15) is 61.4 Å². The number of halogens is 3. The maximum Gasteiger partial charge on any atom is 0.416 e. The zero-order chi connectivity index (χ0) is 18.7. The smallest absolute Gasteiger partial charge is 0.416 e. The molecular formula is C18H24F3NO3. The second-order valence-electron chi connectivity index (χ2n) is 5.72. The van der Waals surface area contributed by atoms with Crippen LogP contribution in [0.3, 0.4) is 0 Å². The fourth-order valence-corrected chi connectivity index (χ4v) is 2.15. The summed E-state index contributed by atoms with van der Waals surface area (Å²) < 4.78 is 42.4. The quantitative estimate of drug-likeness (QED) is 0.499. The molecule has 1 N–H and O–H groups in total. The first kappa shape index (κ1) is 21.0. The molecule has 1 amide bonds. The number of hydrogen-bond acceptors (Lipinski definition) is 3. The van der Waals surface area contributed by atoms with Crippen LogP contribution in [0.2, 0.25) is 0 Å². The van der Waals surface area contributed by atoms with Crippen LogP contribution in [0.5, 0.6) is 0 Å². The molecule has 7 heteroatoms. The minimum absolute atomic E-state index is 0.0291. The second kappa shape index (κ2) is 10.7. The van der Waals surface area contributed by atoms with Crippen molar-refractivity contribution in [2.75, 3.05) is 13.2 Å². The fourth-order valence-electron chi connectivity index (χ4n) is 2.15. The number of hydrogen-bond donors (Lipinski definition) is 1. The molecule has 0 aromatic heterocycles. The third kappa shape index (κ3) is 8.56. The van der Waals surface area contributed by atoms with Crippen molar-refractivity contribution in [1.29, 1.82) is 0 Å². The highest BCUT2D eigenvalue weighted by molar-refractivity contribution is 5.94. The monoisotopic (exact) mass is 359 g/mol. The topological polar surface area (TPSA) is 55.4 Å². The summed E-state index contributed by atoms with van der Waals surface area (Å²) in [5, 5.41) is 2.49. The molecule has 0 aliphatic carbocycles. The average Bonchev–Trinajstić information content (AvgIpc) is 2.57. The van der Waals surface area contributed by atoms with Gasteiger partial charge in [-0.05, 0) is 30.7 Å². The summed E-state index contributed by atoms with van der Waals surface area (Å²) in [7, 11) is 0. The summed E-state index contributed by atoms with van der Waals surface area (Å²) in [5.74, 6) is -0.927. The van der Waals surface area contributed by atoms with Crippen molar-refractivity contribution < 1.29 is 27.5 Å². The Balaban J connectivity index is 2.22. The second-order valence-corrected chi connectivity index (χ2v) is 5.72. The number of alkyl halides is 3. The van der Waals surface area contributed by atoms with E-state index in [1.165, 1.54) is 6.42 Å². The highest BCUT2D eigenvalue weighted by Gasteiger charge is 2.30. The third-order valence-corrected chi connectivity index (χ3v) is 3.60. The van der Waals surface area contributed by atoms with E-state index >= 15 is 0 Å². The van der Waals surface area contributed by atoms with Crippen molar-refractivity contribution >= 4 is 11.9 Å². The van der Waals surface area contributed by atoms with Gasteiger partial charge in [0.15, 0.2) is 0 Å². The molecule has 1 aromatic carbocycles. The number of benzene rings is 1. The number of carbonyl (C=O) groups excluding carboxylic acids is 2. The summed E-state index contributed by atoms with van der Waals surface area (Å²) >= 11 is 0. The highest BCUT2D eigenvalue weighted by atomic mass is 19.4. The lowest BCUT2D eigenvalue weighted by Crippen LogP contribution is -2.26. The number of amides is 1. The number of unbranched alkanes of at least 4 members (excludes halogenated alkanes) is 4. The average molecular weight is 359 g/mol. The zero-order valence-corrected chi connectivity index (χ0v) is 14.3. The van der Waals surface area contributed by atoms with E-state index in [4.69, 9.17) is 4.74 Å². The van der Waals surface area contributed by atoms with Crippen LogP contribution >= 0.6 is 0 Å². The van der Waals surface area contributed by atoms with Crippen molar-refractivity contribution in [3.05, 3.63) is 35.4 Å². The molecule has 0 fully saturated rings. The first-order valence-corrected chi connectivity index (χ1v) is 8.45. The Kier molecular flexibility index (Phi) is 9.02.